The van der Waals surface area contributed by atoms with Crippen molar-refractivity contribution in [2.75, 3.05) is 0 Å². The van der Waals surface area contributed by atoms with E-state index in [-0.39, 0.29) is 12.4 Å². The average Bonchev–Trinajstić information content (AvgIpc) is 2.91. The van der Waals surface area contributed by atoms with E-state index in [1.54, 1.807) is 6.20 Å². The molecule has 0 spiro atoms. The molecule has 0 aliphatic carbocycles. The quantitative estimate of drug-likeness (QED) is 0.790. The van der Waals surface area contributed by atoms with Gasteiger partial charge in [0.1, 0.15) is 5.82 Å². The normalized spacial score (nSPS) is 13.2. The third-order valence-corrected chi connectivity index (χ3v) is 3.86. The molecule has 2 heterocycles. The first-order valence-corrected chi connectivity index (χ1v) is 7.65. The first-order chi connectivity index (χ1) is 11.0. The fourth-order valence-electron chi connectivity index (χ4n) is 2.76. The third-order valence-electron chi connectivity index (χ3n) is 3.86. The van der Waals surface area contributed by atoms with Crippen LogP contribution in [0.25, 0.3) is 5.69 Å². The number of benzene rings is 1. The van der Waals surface area contributed by atoms with E-state index >= 15 is 0 Å². The Labute approximate surface area is 148 Å². The second-order valence-electron chi connectivity index (χ2n) is 6.14. The number of aryl methyl sites for hydroxylation is 2. The summed E-state index contributed by atoms with van der Waals surface area (Å²) >= 11 is 0. The molecule has 1 aromatic carbocycles. The largest absolute Gasteiger partial charge is 0.319 e. The standard InChI is InChI=1S/C18H21N5.ClH/c1-13-12-20-10-9-16(13)23-17(21-14(2)22-23)18(3,19)11-15-7-5-4-6-8-15;/h4-10,12H,11,19H2,1-3H3;1H/t18-;/m0./s1. The monoisotopic (exact) mass is 343 g/mol. The van der Waals surface area contributed by atoms with E-state index in [4.69, 9.17) is 5.73 Å². The van der Waals surface area contributed by atoms with Gasteiger partial charge in [-0.3, -0.25) is 4.98 Å². The molecule has 0 radical (unpaired) electrons. The maximum atomic E-state index is 6.63. The number of nitrogens with zero attached hydrogens (tertiary/aromatic N) is 4. The Hall–Kier alpha value is -2.24. The zero-order valence-corrected chi connectivity index (χ0v) is 14.9. The lowest BCUT2D eigenvalue weighted by atomic mass is 9.93. The van der Waals surface area contributed by atoms with E-state index in [9.17, 15) is 0 Å². The number of halogens is 1. The van der Waals surface area contributed by atoms with E-state index in [2.05, 4.69) is 27.2 Å². The molecule has 5 nitrogen and oxygen atoms in total. The molecular formula is C18H22ClN5. The van der Waals surface area contributed by atoms with Gasteiger partial charge in [0.2, 0.25) is 0 Å². The molecule has 126 valence electrons. The molecule has 0 saturated heterocycles. The van der Waals surface area contributed by atoms with Gasteiger partial charge >= 0.3 is 0 Å². The number of aromatic nitrogens is 4. The maximum Gasteiger partial charge on any atom is 0.152 e. The minimum absolute atomic E-state index is 0. The number of pyridine rings is 1. The van der Waals surface area contributed by atoms with E-state index in [1.165, 1.54) is 5.56 Å². The van der Waals surface area contributed by atoms with Crippen molar-refractivity contribution in [1.29, 1.82) is 0 Å². The molecule has 3 aromatic rings. The fourth-order valence-corrected chi connectivity index (χ4v) is 2.76. The Morgan fingerprint density at radius 1 is 1.12 bits per heavy atom. The Morgan fingerprint density at radius 2 is 1.83 bits per heavy atom. The summed E-state index contributed by atoms with van der Waals surface area (Å²) in [6.45, 7) is 5.89. The molecule has 0 unspecified atom stereocenters. The van der Waals surface area contributed by atoms with Crippen molar-refractivity contribution >= 4 is 12.4 Å². The maximum absolute atomic E-state index is 6.63. The van der Waals surface area contributed by atoms with Gasteiger partial charge in [-0.15, -0.1) is 12.4 Å². The highest BCUT2D eigenvalue weighted by molar-refractivity contribution is 5.85. The Bertz CT molecular complexity index is 811. The zero-order chi connectivity index (χ0) is 16.4. The number of rotatable bonds is 4. The molecule has 1 atom stereocenters. The molecule has 24 heavy (non-hydrogen) atoms. The van der Waals surface area contributed by atoms with Gasteiger partial charge in [-0.05, 0) is 44.4 Å². The zero-order valence-electron chi connectivity index (χ0n) is 14.1. The van der Waals surface area contributed by atoms with Crippen LogP contribution in [0.15, 0.2) is 48.8 Å². The summed E-state index contributed by atoms with van der Waals surface area (Å²) < 4.78 is 1.84. The third kappa shape index (κ3) is 3.63. The van der Waals surface area contributed by atoms with Gasteiger partial charge in [0.15, 0.2) is 5.82 Å². The lowest BCUT2D eigenvalue weighted by Gasteiger charge is -2.24. The van der Waals surface area contributed by atoms with Gasteiger partial charge < -0.3 is 5.73 Å². The van der Waals surface area contributed by atoms with Crippen LogP contribution in [0.4, 0.5) is 0 Å². The molecule has 0 amide bonds. The van der Waals surface area contributed by atoms with Crippen LogP contribution < -0.4 is 5.73 Å². The first kappa shape index (κ1) is 18.1. The summed E-state index contributed by atoms with van der Waals surface area (Å²) in [5, 5.41) is 4.55. The van der Waals surface area contributed by atoms with Gasteiger partial charge in [0.05, 0.1) is 11.2 Å². The van der Waals surface area contributed by atoms with Crippen molar-refractivity contribution in [1.82, 2.24) is 19.7 Å². The fraction of sp³-hybridized carbons (Fsp3) is 0.278. The minimum Gasteiger partial charge on any atom is -0.319 e. The lowest BCUT2D eigenvalue weighted by molar-refractivity contribution is 0.446. The van der Waals surface area contributed by atoms with Crippen LogP contribution in [-0.4, -0.2) is 19.7 Å². The van der Waals surface area contributed by atoms with Crippen LogP contribution in [0.3, 0.4) is 0 Å². The summed E-state index contributed by atoms with van der Waals surface area (Å²) in [4.78, 5) is 8.75. The van der Waals surface area contributed by atoms with Gasteiger partial charge in [0, 0.05) is 12.4 Å². The summed E-state index contributed by atoms with van der Waals surface area (Å²) in [7, 11) is 0. The second kappa shape index (κ2) is 7.11. The van der Waals surface area contributed by atoms with Gasteiger partial charge in [-0.1, -0.05) is 30.3 Å². The Morgan fingerprint density at radius 3 is 2.50 bits per heavy atom. The molecule has 6 heteroatoms. The highest BCUT2D eigenvalue weighted by atomic mass is 35.5. The highest BCUT2D eigenvalue weighted by Crippen LogP contribution is 2.24. The summed E-state index contributed by atoms with van der Waals surface area (Å²) in [6.07, 6.45) is 4.27. The minimum atomic E-state index is -0.627. The molecule has 3 rings (SSSR count). The summed E-state index contributed by atoms with van der Waals surface area (Å²) in [5.74, 6) is 1.47. The van der Waals surface area contributed by atoms with Crippen LogP contribution in [0.1, 0.15) is 29.7 Å². The van der Waals surface area contributed by atoms with E-state index < -0.39 is 5.54 Å². The van der Waals surface area contributed by atoms with E-state index in [0.717, 1.165) is 17.1 Å². The molecule has 2 N–H and O–H groups in total. The van der Waals surface area contributed by atoms with E-state index in [1.807, 2.05) is 55.9 Å². The Balaban J connectivity index is 0.00000208. The highest BCUT2D eigenvalue weighted by Gasteiger charge is 2.29. The van der Waals surface area contributed by atoms with Crippen molar-refractivity contribution in [2.45, 2.75) is 32.7 Å². The second-order valence-corrected chi connectivity index (χ2v) is 6.14. The van der Waals surface area contributed by atoms with Gasteiger partial charge in [0.25, 0.3) is 0 Å². The van der Waals surface area contributed by atoms with E-state index in [0.29, 0.717) is 12.2 Å². The van der Waals surface area contributed by atoms with Crippen LogP contribution in [0.2, 0.25) is 0 Å². The lowest BCUT2D eigenvalue weighted by Crippen LogP contribution is -2.38. The van der Waals surface area contributed by atoms with Gasteiger partial charge in [-0.25, -0.2) is 9.67 Å². The number of hydrogen-bond acceptors (Lipinski definition) is 4. The van der Waals surface area contributed by atoms with Gasteiger partial charge in [-0.2, -0.15) is 5.10 Å². The van der Waals surface area contributed by atoms with Crippen molar-refractivity contribution in [2.24, 2.45) is 5.73 Å². The van der Waals surface area contributed by atoms with Crippen molar-refractivity contribution in [3.63, 3.8) is 0 Å². The van der Waals surface area contributed by atoms with Crippen molar-refractivity contribution in [3.05, 3.63) is 71.6 Å². The van der Waals surface area contributed by atoms with Crippen LogP contribution >= 0.6 is 12.4 Å². The van der Waals surface area contributed by atoms with Crippen LogP contribution in [0.5, 0.6) is 0 Å². The summed E-state index contributed by atoms with van der Waals surface area (Å²) in [6, 6.07) is 12.1. The topological polar surface area (TPSA) is 69.6 Å². The Kier molecular flexibility index (Phi) is 5.36. The smallest absolute Gasteiger partial charge is 0.152 e. The summed E-state index contributed by atoms with van der Waals surface area (Å²) in [5.41, 5.74) is 9.18. The molecule has 0 bridgehead atoms. The average molecular weight is 344 g/mol. The van der Waals surface area contributed by atoms with Crippen LogP contribution in [-0.2, 0) is 12.0 Å². The first-order valence-electron chi connectivity index (χ1n) is 7.65. The molecule has 0 saturated carbocycles. The molecule has 0 aliphatic heterocycles. The number of hydrogen-bond donors (Lipinski definition) is 1. The molecule has 0 aliphatic rings. The molecule has 0 fully saturated rings. The molecular weight excluding hydrogens is 322 g/mol. The SMILES string of the molecule is Cc1nc([C@@](C)(N)Cc2ccccc2)n(-c2ccncc2C)n1.Cl. The predicted molar refractivity (Wildman–Crippen MR) is 97.6 cm³/mol. The van der Waals surface area contributed by atoms with Crippen LogP contribution in [0, 0.1) is 13.8 Å². The number of nitrogens with two attached hydrogens (primary N) is 1. The molecule has 2 aromatic heterocycles. The predicted octanol–water partition coefficient (Wildman–Crippen LogP) is 3.12. The van der Waals surface area contributed by atoms with Crippen molar-refractivity contribution in [3.8, 4) is 5.69 Å². The van der Waals surface area contributed by atoms with Crippen molar-refractivity contribution < 1.29 is 0 Å².